The van der Waals surface area contributed by atoms with Crippen LogP contribution in [0.4, 0.5) is 17.3 Å². The third-order valence-corrected chi connectivity index (χ3v) is 8.92. The molecule has 4 aromatic rings. The zero-order chi connectivity index (χ0) is 28.6. The number of ether oxygens (including phenoxy) is 2. The summed E-state index contributed by atoms with van der Waals surface area (Å²) < 4.78 is 12.1. The van der Waals surface area contributed by atoms with Gasteiger partial charge in [-0.2, -0.15) is 9.97 Å². The van der Waals surface area contributed by atoms with E-state index in [1.165, 1.54) is 25.9 Å². The van der Waals surface area contributed by atoms with Gasteiger partial charge in [0.25, 0.3) is 0 Å². The van der Waals surface area contributed by atoms with Crippen molar-refractivity contribution in [3.05, 3.63) is 59.8 Å². The highest BCUT2D eigenvalue weighted by molar-refractivity contribution is 6.03. The summed E-state index contributed by atoms with van der Waals surface area (Å²) in [6.07, 6.45) is 5.41. The number of Topliss-reactive ketones (excluding diaryl/α,β-unsaturated/α-hetero) is 1. The summed E-state index contributed by atoms with van der Waals surface area (Å²) in [7, 11) is 3.89. The fraction of sp³-hybridized carbons (Fsp3) is 0.406. The number of methoxy groups -OCH3 is 1. The van der Waals surface area contributed by atoms with Gasteiger partial charge in [0.05, 0.1) is 23.7 Å². The van der Waals surface area contributed by atoms with Crippen LogP contribution in [0.15, 0.2) is 48.7 Å². The molecular weight excluding hydrogens is 530 g/mol. The van der Waals surface area contributed by atoms with E-state index >= 15 is 0 Å². The zero-order valence-electron chi connectivity index (χ0n) is 24.2. The average molecular weight is 568 g/mol. The number of carbonyl (C=O) groups excluding carboxylic acids is 1. The minimum Gasteiger partial charge on any atom is -0.494 e. The Bertz CT molecular complexity index is 1600. The number of rotatable bonds is 7. The van der Waals surface area contributed by atoms with Gasteiger partial charge in [0, 0.05) is 69.7 Å². The summed E-state index contributed by atoms with van der Waals surface area (Å²) in [6, 6.07) is 14.5. The molecule has 0 amide bonds. The largest absolute Gasteiger partial charge is 0.494 e. The van der Waals surface area contributed by atoms with Crippen LogP contribution in [-0.2, 0) is 6.42 Å². The summed E-state index contributed by atoms with van der Waals surface area (Å²) in [4.78, 5) is 32.6. The molecule has 0 spiro atoms. The first-order chi connectivity index (χ1) is 20.6. The van der Waals surface area contributed by atoms with Crippen LogP contribution in [0, 0.1) is 0 Å². The number of piperazine rings is 1. The summed E-state index contributed by atoms with van der Waals surface area (Å²) >= 11 is 0. The number of fused-ring (bicyclic) bond motifs is 2. The van der Waals surface area contributed by atoms with E-state index in [9.17, 15) is 4.79 Å². The summed E-state index contributed by atoms with van der Waals surface area (Å²) in [5.41, 5.74) is 4.23. The summed E-state index contributed by atoms with van der Waals surface area (Å²) in [5.74, 6) is 2.11. The van der Waals surface area contributed by atoms with E-state index in [4.69, 9.17) is 14.5 Å². The first kappa shape index (κ1) is 26.7. The Labute approximate surface area is 245 Å². The number of hydrogen-bond donors (Lipinski definition) is 2. The van der Waals surface area contributed by atoms with Crippen LogP contribution in [0.2, 0.25) is 0 Å². The van der Waals surface area contributed by atoms with E-state index in [1.54, 1.807) is 13.3 Å². The molecule has 218 valence electrons. The maximum Gasteiger partial charge on any atom is 0.233 e. The van der Waals surface area contributed by atoms with Gasteiger partial charge >= 0.3 is 0 Å². The summed E-state index contributed by atoms with van der Waals surface area (Å²) in [5, 5.41) is 4.07. The molecule has 0 atom stereocenters. The molecule has 10 heteroatoms. The number of H-pyrrole nitrogens is 1. The number of ketones is 1. The minimum absolute atomic E-state index is 0.103. The van der Waals surface area contributed by atoms with E-state index in [1.807, 2.05) is 30.3 Å². The number of aryl methyl sites for hydroxylation is 1. The number of likely N-dealkylation sites (N-methyl/N-ethyl adjacent to an activating group) is 1. The predicted molar refractivity (Wildman–Crippen MR) is 164 cm³/mol. The molecule has 42 heavy (non-hydrogen) atoms. The average Bonchev–Trinajstić information content (AvgIpc) is 3.65. The van der Waals surface area contributed by atoms with Crippen molar-refractivity contribution in [3.63, 3.8) is 0 Å². The number of nitrogens with zero attached hydrogens (tertiary/aromatic N) is 5. The van der Waals surface area contributed by atoms with Gasteiger partial charge in [-0.05, 0) is 56.1 Å². The number of anilines is 3. The minimum atomic E-state index is 0.103. The van der Waals surface area contributed by atoms with Crippen LogP contribution in [0.3, 0.4) is 0 Å². The molecule has 2 saturated heterocycles. The Hall–Kier alpha value is -4.15. The van der Waals surface area contributed by atoms with Crippen molar-refractivity contribution in [2.75, 3.05) is 63.6 Å². The van der Waals surface area contributed by atoms with Crippen LogP contribution >= 0.6 is 0 Å². The van der Waals surface area contributed by atoms with Crippen molar-refractivity contribution in [2.24, 2.45) is 0 Å². The van der Waals surface area contributed by atoms with Gasteiger partial charge in [-0.3, -0.25) is 9.69 Å². The van der Waals surface area contributed by atoms with Gasteiger partial charge in [-0.1, -0.05) is 12.1 Å². The van der Waals surface area contributed by atoms with Crippen LogP contribution < -0.4 is 19.7 Å². The number of piperidine rings is 1. The van der Waals surface area contributed by atoms with Crippen molar-refractivity contribution >= 4 is 34.1 Å². The zero-order valence-corrected chi connectivity index (χ0v) is 24.2. The Morgan fingerprint density at radius 3 is 2.60 bits per heavy atom. The number of carbonyl (C=O) groups is 1. The Morgan fingerprint density at radius 2 is 1.79 bits per heavy atom. The molecule has 2 aromatic carbocycles. The van der Waals surface area contributed by atoms with Crippen molar-refractivity contribution < 1.29 is 14.3 Å². The molecule has 1 aliphatic carbocycles. The van der Waals surface area contributed by atoms with Gasteiger partial charge in [-0.25, -0.2) is 0 Å². The van der Waals surface area contributed by atoms with Gasteiger partial charge in [0.15, 0.2) is 5.78 Å². The molecule has 0 bridgehead atoms. The van der Waals surface area contributed by atoms with E-state index < -0.39 is 0 Å². The Kier molecular flexibility index (Phi) is 7.17. The third-order valence-electron chi connectivity index (χ3n) is 8.92. The fourth-order valence-electron chi connectivity index (χ4n) is 6.49. The molecule has 3 aliphatic rings. The monoisotopic (exact) mass is 567 g/mol. The van der Waals surface area contributed by atoms with Gasteiger partial charge in [-0.15, -0.1) is 0 Å². The van der Waals surface area contributed by atoms with E-state index in [2.05, 4.69) is 49.2 Å². The molecule has 10 nitrogen and oxygen atoms in total. The number of aromatic amines is 1. The van der Waals surface area contributed by atoms with Gasteiger partial charge in [0.2, 0.25) is 11.8 Å². The first-order valence-corrected chi connectivity index (χ1v) is 14.9. The molecule has 7 rings (SSSR count). The van der Waals surface area contributed by atoms with Crippen LogP contribution in [-0.4, -0.2) is 90.0 Å². The smallest absolute Gasteiger partial charge is 0.233 e. The SMILES string of the molecule is COc1cc(N2CCC(N3CCN(C)CC3)CC2)ccc1Nc1nc(Oc2cccc3c2C(=O)CC3)c2cc[nH]c2n1. The van der Waals surface area contributed by atoms with Crippen molar-refractivity contribution in [1.82, 2.24) is 24.8 Å². The van der Waals surface area contributed by atoms with E-state index in [0.29, 0.717) is 41.3 Å². The molecule has 0 unspecified atom stereocenters. The second-order valence-electron chi connectivity index (χ2n) is 11.5. The Morgan fingerprint density at radius 1 is 0.952 bits per heavy atom. The van der Waals surface area contributed by atoms with Gasteiger partial charge < -0.3 is 29.6 Å². The number of hydrogen-bond acceptors (Lipinski definition) is 9. The molecule has 2 aliphatic heterocycles. The second kappa shape index (κ2) is 11.3. The molecule has 4 heterocycles. The lowest BCUT2D eigenvalue weighted by atomic mass is 10.0. The van der Waals surface area contributed by atoms with Crippen LogP contribution in [0.1, 0.15) is 35.2 Å². The predicted octanol–water partition coefficient (Wildman–Crippen LogP) is 4.85. The number of benzene rings is 2. The molecule has 2 fully saturated rings. The molecule has 0 saturated carbocycles. The third kappa shape index (κ3) is 5.16. The maximum absolute atomic E-state index is 12.6. The summed E-state index contributed by atoms with van der Waals surface area (Å²) in [6.45, 7) is 6.73. The lowest BCUT2D eigenvalue weighted by Gasteiger charge is -2.42. The van der Waals surface area contributed by atoms with Gasteiger partial charge in [0.1, 0.15) is 17.1 Å². The highest BCUT2D eigenvalue weighted by atomic mass is 16.5. The number of aromatic nitrogens is 3. The fourth-order valence-corrected chi connectivity index (χ4v) is 6.49. The standard InChI is InChI=1S/C32H37N7O3/c1-37-16-18-39(19-17-37)22-11-14-38(15-12-22)23-7-8-25(28(20-23)41-2)34-32-35-30-24(10-13-33-30)31(36-32)42-27-5-3-4-21-6-9-26(40)29(21)27/h3-5,7-8,10,13,20,22H,6,9,11-12,14-19H2,1-2H3,(H2,33,34,35,36). The topological polar surface area (TPSA) is 98.9 Å². The highest BCUT2D eigenvalue weighted by Crippen LogP contribution is 2.37. The molecule has 0 radical (unpaired) electrons. The molecular formula is C32H37N7O3. The lowest BCUT2D eigenvalue weighted by molar-refractivity contribution is 0.0982. The van der Waals surface area contributed by atoms with Crippen molar-refractivity contribution in [3.8, 4) is 17.4 Å². The Balaban J connectivity index is 1.09. The second-order valence-corrected chi connectivity index (χ2v) is 11.5. The first-order valence-electron chi connectivity index (χ1n) is 14.9. The van der Waals surface area contributed by atoms with Crippen molar-refractivity contribution in [2.45, 2.75) is 31.7 Å². The van der Waals surface area contributed by atoms with Crippen molar-refractivity contribution in [1.29, 1.82) is 0 Å². The van der Waals surface area contributed by atoms with Crippen LogP contribution in [0.25, 0.3) is 11.0 Å². The lowest BCUT2D eigenvalue weighted by Crippen LogP contribution is -2.52. The maximum atomic E-state index is 12.6. The molecule has 2 aromatic heterocycles. The number of nitrogens with one attached hydrogen (secondary N) is 2. The molecule has 2 N–H and O–H groups in total. The quantitative estimate of drug-likeness (QED) is 0.325. The van der Waals surface area contributed by atoms with E-state index in [0.717, 1.165) is 60.7 Å². The van der Waals surface area contributed by atoms with Crippen LogP contribution in [0.5, 0.6) is 17.4 Å². The van der Waals surface area contributed by atoms with E-state index in [-0.39, 0.29) is 5.78 Å². The highest BCUT2D eigenvalue weighted by Gasteiger charge is 2.28. The normalized spacial score (nSPS) is 18.4.